The van der Waals surface area contributed by atoms with Crippen molar-refractivity contribution in [1.29, 1.82) is 0 Å². The molecule has 0 unspecified atom stereocenters. The van der Waals surface area contributed by atoms with Crippen molar-refractivity contribution in [3.05, 3.63) is 52.7 Å². The van der Waals surface area contributed by atoms with E-state index in [0.717, 1.165) is 0 Å². The first-order valence-electron chi connectivity index (χ1n) is 5.33. The van der Waals surface area contributed by atoms with Crippen molar-refractivity contribution < 1.29 is 9.21 Å². The van der Waals surface area contributed by atoms with Gasteiger partial charge in [0.2, 0.25) is 11.5 Å². The minimum atomic E-state index is -0.130. The monoisotopic (exact) mass is 237 g/mol. The van der Waals surface area contributed by atoms with Gasteiger partial charge in [-0.1, -0.05) is 12.1 Å². The highest BCUT2D eigenvalue weighted by atomic mass is 16.3. The maximum atomic E-state index is 12.2. The fraction of sp³-hybridized carbons (Fsp3) is 0. The summed E-state index contributed by atoms with van der Waals surface area (Å²) in [7, 11) is 0. The first-order valence-corrected chi connectivity index (χ1v) is 5.33. The number of benzene rings is 2. The van der Waals surface area contributed by atoms with E-state index in [1.807, 2.05) is 6.07 Å². The standard InChI is InChI=1S/C14H7NO3/c16-8-15-9-5-6-13-11(7-9)14(17)10-3-1-2-4-12(10)18-13/h1-7H. The normalized spacial score (nSPS) is 10.4. The van der Waals surface area contributed by atoms with Gasteiger partial charge >= 0.3 is 0 Å². The van der Waals surface area contributed by atoms with Crippen LogP contribution in [-0.2, 0) is 4.79 Å². The molecule has 0 aliphatic rings. The zero-order valence-corrected chi connectivity index (χ0v) is 9.21. The van der Waals surface area contributed by atoms with Crippen LogP contribution in [0.1, 0.15) is 0 Å². The van der Waals surface area contributed by atoms with Crippen molar-refractivity contribution in [2.75, 3.05) is 0 Å². The number of hydrogen-bond acceptors (Lipinski definition) is 4. The van der Waals surface area contributed by atoms with E-state index in [2.05, 4.69) is 4.99 Å². The number of carbonyl (C=O) groups excluding carboxylic acids is 1. The minimum absolute atomic E-state index is 0.130. The van der Waals surface area contributed by atoms with E-state index in [1.54, 1.807) is 30.3 Å². The lowest BCUT2D eigenvalue weighted by atomic mass is 10.1. The number of aliphatic imine (C=N–C) groups is 1. The molecule has 2 aromatic carbocycles. The Morgan fingerprint density at radius 2 is 1.78 bits per heavy atom. The smallest absolute Gasteiger partial charge is 0.240 e. The van der Waals surface area contributed by atoms with Gasteiger partial charge in [0.05, 0.1) is 16.5 Å². The maximum Gasteiger partial charge on any atom is 0.240 e. The third-order valence-electron chi connectivity index (χ3n) is 2.73. The molecule has 0 bridgehead atoms. The van der Waals surface area contributed by atoms with Gasteiger partial charge in [-0.15, -0.1) is 0 Å². The van der Waals surface area contributed by atoms with Crippen LogP contribution in [0.3, 0.4) is 0 Å². The molecular formula is C14H7NO3. The first-order chi connectivity index (χ1) is 8.79. The Labute approximate surface area is 101 Å². The molecule has 1 heterocycles. The molecule has 4 heteroatoms. The quantitative estimate of drug-likeness (QED) is 0.371. The van der Waals surface area contributed by atoms with Crippen LogP contribution in [0.4, 0.5) is 5.69 Å². The van der Waals surface area contributed by atoms with Crippen LogP contribution < -0.4 is 5.43 Å². The second-order valence-corrected chi connectivity index (χ2v) is 3.81. The van der Waals surface area contributed by atoms with Crippen LogP contribution in [0.15, 0.2) is 56.7 Å². The molecular weight excluding hydrogens is 230 g/mol. The summed E-state index contributed by atoms with van der Waals surface area (Å²) >= 11 is 0. The van der Waals surface area contributed by atoms with Gasteiger partial charge < -0.3 is 4.42 Å². The number of fused-ring (bicyclic) bond motifs is 2. The summed E-state index contributed by atoms with van der Waals surface area (Å²) in [4.78, 5) is 26.0. The van der Waals surface area contributed by atoms with Crippen LogP contribution in [0, 0.1) is 0 Å². The molecule has 0 N–H and O–H groups in total. The molecule has 0 saturated carbocycles. The lowest BCUT2D eigenvalue weighted by Gasteiger charge is -2.01. The molecule has 0 radical (unpaired) electrons. The van der Waals surface area contributed by atoms with E-state index in [0.29, 0.717) is 27.6 Å². The molecule has 0 aliphatic carbocycles. The molecule has 3 rings (SSSR count). The summed E-state index contributed by atoms with van der Waals surface area (Å²) in [5, 5.41) is 0.919. The van der Waals surface area contributed by atoms with Crippen LogP contribution in [0.25, 0.3) is 21.9 Å². The Balaban J connectivity index is 2.49. The van der Waals surface area contributed by atoms with Gasteiger partial charge in [-0.3, -0.25) is 4.79 Å². The summed E-state index contributed by atoms with van der Waals surface area (Å²) < 4.78 is 5.62. The SMILES string of the molecule is O=C=Nc1ccc2oc3ccccc3c(=O)c2c1. The molecule has 0 saturated heterocycles. The van der Waals surface area contributed by atoms with Gasteiger partial charge in [-0.2, -0.15) is 4.99 Å². The highest BCUT2D eigenvalue weighted by Gasteiger charge is 2.07. The number of rotatable bonds is 1. The van der Waals surface area contributed by atoms with Crippen molar-refractivity contribution in [3.63, 3.8) is 0 Å². The highest BCUT2D eigenvalue weighted by Crippen LogP contribution is 2.22. The van der Waals surface area contributed by atoms with Crippen LogP contribution in [-0.4, -0.2) is 6.08 Å². The molecule has 0 amide bonds. The average Bonchev–Trinajstić information content (AvgIpc) is 2.40. The van der Waals surface area contributed by atoms with Crippen LogP contribution >= 0.6 is 0 Å². The van der Waals surface area contributed by atoms with E-state index < -0.39 is 0 Å². The highest BCUT2D eigenvalue weighted by molar-refractivity contribution is 5.91. The second kappa shape index (κ2) is 3.95. The fourth-order valence-corrected chi connectivity index (χ4v) is 1.91. The Bertz CT molecular complexity index is 858. The predicted octanol–water partition coefficient (Wildman–Crippen LogP) is 2.91. The van der Waals surface area contributed by atoms with Crippen molar-refractivity contribution in [2.45, 2.75) is 0 Å². The molecule has 1 aromatic heterocycles. The Kier molecular flexibility index (Phi) is 2.29. The molecule has 0 fully saturated rings. The fourth-order valence-electron chi connectivity index (χ4n) is 1.91. The van der Waals surface area contributed by atoms with Gasteiger partial charge in [0.1, 0.15) is 11.2 Å². The largest absolute Gasteiger partial charge is 0.456 e. The van der Waals surface area contributed by atoms with Gasteiger partial charge in [-0.25, -0.2) is 4.79 Å². The van der Waals surface area contributed by atoms with E-state index in [4.69, 9.17) is 4.42 Å². The van der Waals surface area contributed by atoms with Gasteiger partial charge in [0, 0.05) is 0 Å². The van der Waals surface area contributed by atoms with Gasteiger partial charge in [-0.05, 0) is 30.3 Å². The van der Waals surface area contributed by atoms with Crippen LogP contribution in [0.5, 0.6) is 0 Å². The summed E-state index contributed by atoms with van der Waals surface area (Å²) in [5.74, 6) is 0. The lowest BCUT2D eigenvalue weighted by Crippen LogP contribution is -2.01. The third kappa shape index (κ3) is 1.52. The summed E-state index contributed by atoms with van der Waals surface area (Å²) in [6.45, 7) is 0. The Hall–Kier alpha value is -2.71. The van der Waals surface area contributed by atoms with E-state index in [9.17, 15) is 9.59 Å². The summed E-state index contributed by atoms with van der Waals surface area (Å²) in [6.07, 6.45) is 1.45. The zero-order valence-electron chi connectivity index (χ0n) is 9.21. The maximum absolute atomic E-state index is 12.2. The first kappa shape index (κ1) is 10.4. The average molecular weight is 237 g/mol. The van der Waals surface area contributed by atoms with Crippen molar-refractivity contribution in [3.8, 4) is 0 Å². The van der Waals surface area contributed by atoms with Crippen LogP contribution in [0.2, 0.25) is 0 Å². The van der Waals surface area contributed by atoms with Crippen molar-refractivity contribution in [2.24, 2.45) is 4.99 Å². The Morgan fingerprint density at radius 1 is 1.00 bits per heavy atom. The van der Waals surface area contributed by atoms with E-state index in [1.165, 1.54) is 12.1 Å². The third-order valence-corrected chi connectivity index (χ3v) is 2.73. The molecule has 0 aliphatic heterocycles. The van der Waals surface area contributed by atoms with Gasteiger partial charge in [0.25, 0.3) is 0 Å². The predicted molar refractivity (Wildman–Crippen MR) is 67.8 cm³/mol. The molecule has 3 aromatic rings. The molecule has 86 valence electrons. The lowest BCUT2D eigenvalue weighted by molar-refractivity contribution is 0.565. The number of isocyanates is 1. The molecule has 4 nitrogen and oxygen atoms in total. The summed E-state index contributed by atoms with van der Waals surface area (Å²) in [5.41, 5.74) is 1.28. The Morgan fingerprint density at radius 3 is 2.61 bits per heavy atom. The number of hydrogen-bond donors (Lipinski definition) is 0. The topological polar surface area (TPSA) is 59.6 Å². The molecule has 18 heavy (non-hydrogen) atoms. The molecule has 0 spiro atoms. The molecule has 0 atom stereocenters. The minimum Gasteiger partial charge on any atom is -0.456 e. The summed E-state index contributed by atoms with van der Waals surface area (Å²) in [6, 6.07) is 11.8. The van der Waals surface area contributed by atoms with Gasteiger partial charge in [0.15, 0.2) is 0 Å². The second-order valence-electron chi connectivity index (χ2n) is 3.81. The number of para-hydroxylation sites is 1. The van der Waals surface area contributed by atoms with Crippen molar-refractivity contribution >= 4 is 33.7 Å². The van der Waals surface area contributed by atoms with E-state index in [-0.39, 0.29) is 5.43 Å². The van der Waals surface area contributed by atoms with Crippen molar-refractivity contribution in [1.82, 2.24) is 0 Å². The van der Waals surface area contributed by atoms with E-state index >= 15 is 0 Å². The number of nitrogens with zero attached hydrogens (tertiary/aromatic N) is 1. The zero-order chi connectivity index (χ0) is 12.5.